The smallest absolute Gasteiger partial charge is 0.322 e. The van der Waals surface area contributed by atoms with Gasteiger partial charge in [0.2, 0.25) is 10.0 Å². The molecule has 10 heteroatoms. The first-order valence-corrected chi connectivity index (χ1v) is 11.0. The van der Waals surface area contributed by atoms with E-state index in [1.54, 1.807) is 26.0 Å². The normalized spacial score (nSPS) is 15.3. The van der Waals surface area contributed by atoms with Crippen LogP contribution in [0.4, 0.5) is 4.39 Å². The molecule has 1 aliphatic rings. The number of thiocarbonyl (C=S) groups is 1. The van der Waals surface area contributed by atoms with Crippen LogP contribution in [0.15, 0.2) is 29.2 Å². The highest BCUT2D eigenvalue weighted by Gasteiger charge is 2.32. The molecule has 2 N–H and O–H groups in total. The van der Waals surface area contributed by atoms with Gasteiger partial charge in [-0.15, -0.1) is 11.3 Å². The Morgan fingerprint density at radius 2 is 1.96 bits per heavy atom. The summed E-state index contributed by atoms with van der Waals surface area (Å²) in [5.41, 5.74) is 1.22. The van der Waals surface area contributed by atoms with Crippen molar-refractivity contribution in [2.24, 2.45) is 5.92 Å². The molecule has 0 amide bonds. The molecule has 28 heavy (non-hydrogen) atoms. The van der Waals surface area contributed by atoms with Crippen LogP contribution in [0, 0.1) is 11.7 Å². The number of hydrogen-bond donors (Lipinski definition) is 2. The molecule has 1 aromatic carbocycles. The van der Waals surface area contributed by atoms with Crippen LogP contribution in [0.5, 0.6) is 0 Å². The SMILES string of the molecule is CC(C)[C@@H](NS(=O)(=O)C1=Cc2sc(-c3ccc(F)cc3)nc2C(=S)C1)C(=O)O. The minimum atomic E-state index is -4.04. The van der Waals surface area contributed by atoms with Gasteiger partial charge in [-0.1, -0.05) is 26.1 Å². The molecule has 0 radical (unpaired) electrons. The summed E-state index contributed by atoms with van der Waals surface area (Å²) >= 11 is 6.59. The van der Waals surface area contributed by atoms with Crippen molar-refractivity contribution in [2.75, 3.05) is 0 Å². The first kappa shape index (κ1) is 20.7. The quantitative estimate of drug-likeness (QED) is 0.668. The number of rotatable bonds is 6. The fourth-order valence-electron chi connectivity index (χ4n) is 2.67. The molecule has 0 aliphatic heterocycles. The average Bonchev–Trinajstić information content (AvgIpc) is 3.04. The number of halogens is 1. The highest BCUT2D eigenvalue weighted by molar-refractivity contribution is 7.93. The van der Waals surface area contributed by atoms with Gasteiger partial charge in [-0.3, -0.25) is 4.79 Å². The molecular formula is C18H17FN2O4S3. The molecule has 2 aromatic rings. The molecular weight excluding hydrogens is 423 g/mol. The molecule has 0 fully saturated rings. The Hall–Kier alpha value is -2.01. The van der Waals surface area contributed by atoms with Gasteiger partial charge in [-0.25, -0.2) is 17.8 Å². The number of fused-ring (bicyclic) bond motifs is 1. The second-order valence-corrected chi connectivity index (χ2v) is 9.92. The van der Waals surface area contributed by atoms with Crippen LogP contribution < -0.4 is 4.72 Å². The minimum absolute atomic E-state index is 0.00575. The van der Waals surface area contributed by atoms with E-state index in [4.69, 9.17) is 12.2 Å². The summed E-state index contributed by atoms with van der Waals surface area (Å²) in [5, 5.41) is 9.86. The zero-order chi connectivity index (χ0) is 20.6. The van der Waals surface area contributed by atoms with Crippen molar-refractivity contribution < 1.29 is 22.7 Å². The van der Waals surface area contributed by atoms with Crippen molar-refractivity contribution in [3.05, 3.63) is 45.6 Å². The summed E-state index contributed by atoms with van der Waals surface area (Å²) in [6.45, 7) is 3.24. The Balaban J connectivity index is 1.96. The fourth-order valence-corrected chi connectivity index (χ4v) is 5.75. The standard InChI is InChI=1S/C18H17FN2O4S3/c1-9(2)15(18(22)23)21-28(24,25)12-7-13(26)16-14(8-12)27-17(20-16)10-3-5-11(19)6-4-10/h3-6,8-9,15,21H,7H2,1-2H3,(H,22,23)/t15-/m1/s1. The first-order chi connectivity index (χ1) is 13.1. The van der Waals surface area contributed by atoms with Gasteiger partial charge in [0, 0.05) is 16.8 Å². The third-order valence-electron chi connectivity index (χ3n) is 4.20. The molecule has 0 saturated carbocycles. The van der Waals surface area contributed by atoms with Gasteiger partial charge in [0.25, 0.3) is 0 Å². The number of aromatic nitrogens is 1. The van der Waals surface area contributed by atoms with Crippen LogP contribution in [-0.4, -0.2) is 35.4 Å². The van der Waals surface area contributed by atoms with Crippen LogP contribution >= 0.6 is 23.6 Å². The van der Waals surface area contributed by atoms with Gasteiger partial charge < -0.3 is 5.11 Å². The summed E-state index contributed by atoms with van der Waals surface area (Å²) in [6.07, 6.45) is 1.44. The average molecular weight is 441 g/mol. The number of carboxylic acid groups (broad SMARTS) is 1. The number of thiazole rings is 1. The maximum atomic E-state index is 13.1. The lowest BCUT2D eigenvalue weighted by molar-refractivity contribution is -0.140. The Morgan fingerprint density at radius 1 is 1.32 bits per heavy atom. The number of carbonyl (C=O) groups is 1. The van der Waals surface area contributed by atoms with E-state index in [9.17, 15) is 22.7 Å². The summed E-state index contributed by atoms with van der Waals surface area (Å²) in [6, 6.07) is 4.58. The Bertz CT molecular complexity index is 1070. The number of carboxylic acids is 1. The summed E-state index contributed by atoms with van der Waals surface area (Å²) in [7, 11) is -4.04. The third kappa shape index (κ3) is 4.19. The molecule has 0 spiro atoms. The number of benzene rings is 1. The van der Waals surface area contributed by atoms with Crippen LogP contribution in [0.2, 0.25) is 0 Å². The van der Waals surface area contributed by atoms with Gasteiger partial charge in [-0.05, 0) is 36.3 Å². The first-order valence-electron chi connectivity index (χ1n) is 8.34. The number of aliphatic carboxylic acids is 1. The van der Waals surface area contributed by atoms with E-state index in [-0.39, 0.29) is 17.1 Å². The molecule has 0 saturated heterocycles. The van der Waals surface area contributed by atoms with Crippen molar-refractivity contribution in [1.82, 2.24) is 9.71 Å². The zero-order valence-corrected chi connectivity index (χ0v) is 17.4. The number of hydrogen-bond acceptors (Lipinski definition) is 6. The topological polar surface area (TPSA) is 96.4 Å². The minimum Gasteiger partial charge on any atom is -0.480 e. The van der Waals surface area contributed by atoms with E-state index in [1.165, 1.54) is 29.5 Å². The molecule has 1 atom stereocenters. The Labute approximate surface area is 171 Å². The van der Waals surface area contributed by atoms with Gasteiger partial charge in [0.05, 0.1) is 15.5 Å². The van der Waals surface area contributed by atoms with Crippen molar-refractivity contribution in [3.8, 4) is 10.6 Å². The number of nitrogens with zero attached hydrogens (tertiary/aromatic N) is 1. The van der Waals surface area contributed by atoms with E-state index >= 15 is 0 Å². The van der Waals surface area contributed by atoms with Crippen molar-refractivity contribution in [3.63, 3.8) is 0 Å². The number of nitrogens with one attached hydrogen (secondary N) is 1. The Morgan fingerprint density at radius 3 is 2.54 bits per heavy atom. The molecule has 3 rings (SSSR count). The summed E-state index contributed by atoms with van der Waals surface area (Å²) < 4.78 is 40.8. The monoisotopic (exact) mass is 440 g/mol. The second kappa shape index (κ2) is 7.78. The maximum absolute atomic E-state index is 13.1. The molecule has 1 aliphatic carbocycles. The predicted molar refractivity (Wildman–Crippen MR) is 110 cm³/mol. The molecule has 1 aromatic heterocycles. The van der Waals surface area contributed by atoms with E-state index in [1.807, 2.05) is 0 Å². The lowest BCUT2D eigenvalue weighted by atomic mass is 10.1. The summed E-state index contributed by atoms with van der Waals surface area (Å²) in [5.74, 6) is -2.03. The molecule has 0 unspecified atom stereocenters. The van der Waals surface area contributed by atoms with Crippen LogP contribution in [-0.2, 0) is 14.8 Å². The fraction of sp³-hybridized carbons (Fsp3) is 0.278. The van der Waals surface area contributed by atoms with Crippen LogP contribution in [0.1, 0.15) is 30.8 Å². The second-order valence-electron chi connectivity index (χ2n) is 6.63. The lowest BCUT2D eigenvalue weighted by Crippen LogP contribution is -2.44. The number of allylic oxidation sites excluding steroid dienone is 1. The van der Waals surface area contributed by atoms with Crippen molar-refractivity contribution in [1.29, 1.82) is 0 Å². The highest BCUT2D eigenvalue weighted by atomic mass is 32.2. The van der Waals surface area contributed by atoms with E-state index in [2.05, 4.69) is 9.71 Å². The van der Waals surface area contributed by atoms with Gasteiger partial charge in [0.15, 0.2) is 0 Å². The van der Waals surface area contributed by atoms with Crippen LogP contribution in [0.3, 0.4) is 0 Å². The van der Waals surface area contributed by atoms with Crippen molar-refractivity contribution >= 4 is 50.5 Å². The maximum Gasteiger partial charge on any atom is 0.322 e. The van der Waals surface area contributed by atoms with Crippen LogP contribution in [0.25, 0.3) is 16.6 Å². The van der Waals surface area contributed by atoms with Gasteiger partial charge >= 0.3 is 5.97 Å². The van der Waals surface area contributed by atoms with Gasteiger partial charge in [0.1, 0.15) is 16.9 Å². The van der Waals surface area contributed by atoms with Gasteiger partial charge in [-0.2, -0.15) is 4.72 Å². The predicted octanol–water partition coefficient (Wildman–Crippen LogP) is 3.44. The Kier molecular flexibility index (Phi) is 5.76. The third-order valence-corrected chi connectivity index (χ3v) is 7.10. The highest BCUT2D eigenvalue weighted by Crippen LogP contribution is 2.35. The number of sulfonamides is 1. The molecule has 1 heterocycles. The van der Waals surface area contributed by atoms with E-state index in [0.29, 0.717) is 26.0 Å². The zero-order valence-electron chi connectivity index (χ0n) is 15.0. The lowest BCUT2D eigenvalue weighted by Gasteiger charge is -2.20. The molecule has 148 valence electrons. The summed E-state index contributed by atoms with van der Waals surface area (Å²) in [4.78, 5) is 16.8. The van der Waals surface area contributed by atoms with E-state index < -0.39 is 28.0 Å². The largest absolute Gasteiger partial charge is 0.480 e. The molecule has 6 nitrogen and oxygen atoms in total. The molecule has 0 bridgehead atoms. The van der Waals surface area contributed by atoms with Crippen molar-refractivity contribution in [2.45, 2.75) is 26.3 Å². The van der Waals surface area contributed by atoms with E-state index in [0.717, 1.165) is 0 Å².